The molecular formula is C23H38N2O11. The van der Waals surface area contributed by atoms with Crippen molar-refractivity contribution in [2.75, 3.05) is 21.3 Å². The van der Waals surface area contributed by atoms with Crippen LogP contribution in [0.3, 0.4) is 0 Å². The molecule has 13 nitrogen and oxygen atoms in total. The fourth-order valence-electron chi connectivity index (χ4n) is 5.32. The van der Waals surface area contributed by atoms with Crippen LogP contribution in [0.25, 0.3) is 0 Å². The van der Waals surface area contributed by atoms with Gasteiger partial charge in [-0.25, -0.2) is 0 Å². The van der Waals surface area contributed by atoms with E-state index in [1.807, 2.05) is 0 Å². The molecule has 0 aromatic rings. The van der Waals surface area contributed by atoms with Crippen LogP contribution in [0.4, 0.5) is 0 Å². The predicted molar refractivity (Wildman–Crippen MR) is 120 cm³/mol. The van der Waals surface area contributed by atoms with Crippen LogP contribution in [-0.2, 0) is 52.2 Å². The topological polar surface area (TPSA) is 155 Å². The molecule has 10 atom stereocenters. The molecule has 2 unspecified atom stereocenters. The first-order valence-corrected chi connectivity index (χ1v) is 12.1. The Balaban J connectivity index is 1.41. The minimum atomic E-state index is -0.842. The summed E-state index contributed by atoms with van der Waals surface area (Å²) in [5.74, 6) is -2.58. The highest BCUT2D eigenvalue weighted by Gasteiger charge is 2.58. The third-order valence-electron chi connectivity index (χ3n) is 6.80. The highest BCUT2D eigenvalue weighted by Crippen LogP contribution is 2.41. The van der Waals surface area contributed by atoms with E-state index < -0.39 is 84.7 Å². The molecule has 206 valence electrons. The summed E-state index contributed by atoms with van der Waals surface area (Å²) in [5.41, 5.74) is 6.37. The maximum atomic E-state index is 13.1. The lowest BCUT2D eigenvalue weighted by Gasteiger charge is -2.31. The fourth-order valence-corrected chi connectivity index (χ4v) is 5.32. The van der Waals surface area contributed by atoms with Gasteiger partial charge in [0, 0.05) is 26.7 Å². The molecule has 1 amide bonds. The molecule has 0 radical (unpaired) electrons. The van der Waals surface area contributed by atoms with Crippen LogP contribution >= 0.6 is 0 Å². The number of rotatable bonds is 9. The molecule has 4 aliphatic rings. The van der Waals surface area contributed by atoms with Crippen LogP contribution in [0.2, 0.25) is 0 Å². The average molecular weight is 519 g/mol. The summed E-state index contributed by atoms with van der Waals surface area (Å²) in [6.07, 6.45) is -5.05. The van der Waals surface area contributed by atoms with Gasteiger partial charge in [-0.1, -0.05) is 0 Å². The van der Waals surface area contributed by atoms with Gasteiger partial charge in [-0.15, -0.1) is 0 Å². The lowest BCUT2D eigenvalue weighted by Crippen LogP contribution is -2.53. The number of amides is 1. The first kappa shape index (κ1) is 27.6. The lowest BCUT2D eigenvalue weighted by atomic mass is 9.98. The van der Waals surface area contributed by atoms with E-state index in [9.17, 15) is 9.59 Å². The molecule has 0 bridgehead atoms. The first-order chi connectivity index (χ1) is 16.9. The van der Waals surface area contributed by atoms with E-state index in [-0.39, 0.29) is 12.8 Å². The molecule has 4 rings (SSSR count). The van der Waals surface area contributed by atoms with Gasteiger partial charge in [-0.05, 0) is 27.7 Å². The summed E-state index contributed by atoms with van der Waals surface area (Å²) in [6, 6.07) is -1.51. The normalized spacial score (nSPS) is 39.9. The molecule has 13 heteroatoms. The fraction of sp³-hybridized carbons (Fsp3) is 0.913. The largest absolute Gasteiger partial charge is 0.469 e. The van der Waals surface area contributed by atoms with Gasteiger partial charge in [-0.3, -0.25) is 9.59 Å². The highest BCUT2D eigenvalue weighted by molar-refractivity contribution is 5.78. The average Bonchev–Trinajstić information content (AvgIpc) is 3.46. The van der Waals surface area contributed by atoms with Gasteiger partial charge >= 0.3 is 5.97 Å². The first-order valence-electron chi connectivity index (χ1n) is 12.1. The van der Waals surface area contributed by atoms with E-state index in [0.717, 1.165) is 0 Å². The van der Waals surface area contributed by atoms with Crippen molar-refractivity contribution in [2.24, 2.45) is 5.73 Å². The maximum Gasteiger partial charge on any atom is 0.307 e. The zero-order valence-electron chi connectivity index (χ0n) is 21.8. The summed E-state index contributed by atoms with van der Waals surface area (Å²) in [5, 5.41) is 2.85. The molecule has 3 N–H and O–H groups in total. The lowest BCUT2D eigenvalue weighted by molar-refractivity contribution is -0.220. The molecule has 0 aromatic heterocycles. The van der Waals surface area contributed by atoms with Crippen LogP contribution in [0.1, 0.15) is 40.5 Å². The van der Waals surface area contributed by atoms with E-state index in [2.05, 4.69) is 5.32 Å². The van der Waals surface area contributed by atoms with Crippen molar-refractivity contribution in [3.05, 3.63) is 0 Å². The summed E-state index contributed by atoms with van der Waals surface area (Å²) in [6.45, 7) is 7.12. The van der Waals surface area contributed by atoms with Crippen molar-refractivity contribution >= 4 is 11.9 Å². The third-order valence-corrected chi connectivity index (χ3v) is 6.80. The number of fused-ring (bicyclic) bond motifs is 2. The Bertz CT molecular complexity index is 824. The standard InChI is InChI=1S/C23H38N2O11/c1-22(2)33-18-16(29-6)14(31-20(18)35-22)10(24)8-12(26)25-11(9-13(27)28-5)15-17(30-7)19-21(32-15)36-23(3,4)34-19/h10-11,14-21H,8-9,24H2,1-7H3,(H,25,26)/t10?,11?,14-,15+,16+,17+,18-,19-,20-,21-/m1/s1. The van der Waals surface area contributed by atoms with Crippen LogP contribution in [0, 0.1) is 0 Å². The Hall–Kier alpha value is -1.42. The Morgan fingerprint density at radius 1 is 0.833 bits per heavy atom. The second-order valence-corrected chi connectivity index (χ2v) is 10.4. The van der Waals surface area contributed by atoms with Crippen LogP contribution < -0.4 is 11.1 Å². The molecule has 0 spiro atoms. The summed E-state index contributed by atoms with van der Waals surface area (Å²) >= 11 is 0. The van der Waals surface area contributed by atoms with Crippen molar-refractivity contribution in [1.82, 2.24) is 5.32 Å². The molecule has 0 aliphatic carbocycles. The number of ether oxygens (including phenoxy) is 9. The molecular weight excluding hydrogens is 480 g/mol. The molecule has 36 heavy (non-hydrogen) atoms. The van der Waals surface area contributed by atoms with E-state index in [0.29, 0.717) is 0 Å². The van der Waals surface area contributed by atoms with Crippen LogP contribution in [0.15, 0.2) is 0 Å². The van der Waals surface area contributed by atoms with Crippen LogP contribution in [0.5, 0.6) is 0 Å². The summed E-state index contributed by atoms with van der Waals surface area (Å²) in [7, 11) is 4.31. The summed E-state index contributed by atoms with van der Waals surface area (Å²) < 4.78 is 51.4. The number of methoxy groups -OCH3 is 3. The highest BCUT2D eigenvalue weighted by atomic mass is 16.9. The van der Waals surface area contributed by atoms with E-state index in [4.69, 9.17) is 48.4 Å². The Morgan fingerprint density at radius 2 is 1.33 bits per heavy atom. The number of hydrogen-bond donors (Lipinski definition) is 2. The van der Waals surface area contributed by atoms with Crippen molar-refractivity contribution in [3.8, 4) is 0 Å². The van der Waals surface area contributed by atoms with Crippen molar-refractivity contribution in [3.63, 3.8) is 0 Å². The molecule has 4 aliphatic heterocycles. The molecule has 4 saturated heterocycles. The second kappa shape index (κ2) is 10.4. The third kappa shape index (κ3) is 5.54. The van der Waals surface area contributed by atoms with Gasteiger partial charge in [-0.2, -0.15) is 0 Å². The molecule has 0 aromatic carbocycles. The second-order valence-electron chi connectivity index (χ2n) is 10.4. The van der Waals surface area contributed by atoms with Gasteiger partial charge in [0.1, 0.15) is 36.6 Å². The van der Waals surface area contributed by atoms with Crippen LogP contribution in [-0.4, -0.2) is 106 Å². The van der Waals surface area contributed by atoms with E-state index in [1.165, 1.54) is 21.3 Å². The minimum absolute atomic E-state index is 0.109. The van der Waals surface area contributed by atoms with Crippen molar-refractivity contribution in [1.29, 1.82) is 0 Å². The van der Waals surface area contributed by atoms with Crippen molar-refractivity contribution in [2.45, 2.75) is 113 Å². The Labute approximate surface area is 210 Å². The van der Waals surface area contributed by atoms with Crippen molar-refractivity contribution < 1.29 is 52.2 Å². The zero-order chi connectivity index (χ0) is 26.4. The number of hydrogen-bond acceptors (Lipinski definition) is 12. The molecule has 0 saturated carbocycles. The van der Waals surface area contributed by atoms with Gasteiger partial charge in [0.25, 0.3) is 0 Å². The number of esters is 1. The maximum absolute atomic E-state index is 13.1. The Kier molecular flexibility index (Phi) is 7.97. The van der Waals surface area contributed by atoms with E-state index >= 15 is 0 Å². The zero-order valence-corrected chi connectivity index (χ0v) is 21.8. The molecule has 4 heterocycles. The number of carbonyl (C=O) groups excluding carboxylic acids is 2. The van der Waals surface area contributed by atoms with Gasteiger partial charge in [0.2, 0.25) is 5.91 Å². The smallest absolute Gasteiger partial charge is 0.307 e. The molecule has 4 fully saturated rings. The van der Waals surface area contributed by atoms with Gasteiger partial charge < -0.3 is 53.7 Å². The van der Waals surface area contributed by atoms with Gasteiger partial charge in [0.05, 0.1) is 19.6 Å². The number of carbonyl (C=O) groups is 2. The number of nitrogens with two attached hydrogens (primary N) is 1. The SMILES string of the molecule is COC(=O)CC(NC(=O)CC(N)[C@H]1O[C@@H]2OC(C)(C)O[C@@H]2[C@H]1OC)[C@@H]1O[C@@H]2OC(C)(C)O[C@@H]2[C@H]1OC. The van der Waals surface area contributed by atoms with Gasteiger partial charge in [0.15, 0.2) is 24.2 Å². The monoisotopic (exact) mass is 518 g/mol. The minimum Gasteiger partial charge on any atom is -0.469 e. The predicted octanol–water partition coefficient (Wildman–Crippen LogP) is -0.465. The summed E-state index contributed by atoms with van der Waals surface area (Å²) in [4.78, 5) is 25.2. The van der Waals surface area contributed by atoms with E-state index in [1.54, 1.807) is 27.7 Å². The quantitative estimate of drug-likeness (QED) is 0.379. The number of nitrogens with one attached hydrogen (secondary N) is 1. The Morgan fingerprint density at radius 3 is 1.83 bits per heavy atom.